The van der Waals surface area contributed by atoms with Crippen LogP contribution in [0.3, 0.4) is 0 Å². The van der Waals surface area contributed by atoms with Crippen molar-refractivity contribution >= 4 is 39.1 Å². The molecule has 0 saturated heterocycles. The Morgan fingerprint density at radius 1 is 1.26 bits per heavy atom. The first kappa shape index (κ1) is 15.6. The van der Waals surface area contributed by atoms with Crippen LogP contribution in [0, 0.1) is 6.92 Å². The third-order valence-corrected chi connectivity index (χ3v) is 4.32. The molecular weight excluding hydrogens is 382 g/mol. The summed E-state index contributed by atoms with van der Waals surface area (Å²) < 4.78 is 2.33. The normalized spacial score (nSPS) is 10.6. The SMILES string of the molecule is Cc1ccc(NC(=O)c2cc(Cl)ccc2-n2cnnn2)cc1Br. The van der Waals surface area contributed by atoms with E-state index in [9.17, 15) is 4.79 Å². The van der Waals surface area contributed by atoms with Gasteiger partial charge in [-0.25, -0.2) is 0 Å². The number of hydrogen-bond acceptors (Lipinski definition) is 4. The first-order valence-corrected chi connectivity index (χ1v) is 7.82. The van der Waals surface area contributed by atoms with E-state index < -0.39 is 0 Å². The number of nitrogens with zero attached hydrogens (tertiary/aromatic N) is 4. The average molecular weight is 393 g/mol. The molecule has 0 bridgehead atoms. The molecule has 2 aromatic carbocycles. The van der Waals surface area contributed by atoms with E-state index >= 15 is 0 Å². The minimum absolute atomic E-state index is 0.297. The highest BCUT2D eigenvalue weighted by molar-refractivity contribution is 9.10. The van der Waals surface area contributed by atoms with Crippen LogP contribution in [-0.2, 0) is 0 Å². The van der Waals surface area contributed by atoms with Crippen LogP contribution in [0.5, 0.6) is 0 Å². The van der Waals surface area contributed by atoms with Gasteiger partial charge in [0.1, 0.15) is 6.33 Å². The number of tetrazole rings is 1. The Kier molecular flexibility index (Phi) is 4.40. The Morgan fingerprint density at radius 3 is 2.78 bits per heavy atom. The number of amides is 1. The summed E-state index contributed by atoms with van der Waals surface area (Å²) in [6.45, 7) is 1.97. The zero-order valence-corrected chi connectivity index (χ0v) is 14.3. The minimum Gasteiger partial charge on any atom is -0.322 e. The Balaban J connectivity index is 1.95. The van der Waals surface area contributed by atoms with E-state index in [0.717, 1.165) is 10.0 Å². The number of halogens is 2. The lowest BCUT2D eigenvalue weighted by atomic mass is 10.1. The van der Waals surface area contributed by atoms with Gasteiger partial charge in [-0.2, -0.15) is 4.68 Å². The molecule has 0 unspecified atom stereocenters. The maximum absolute atomic E-state index is 12.6. The highest BCUT2D eigenvalue weighted by Crippen LogP contribution is 2.23. The molecule has 0 aliphatic rings. The molecule has 0 atom stereocenters. The highest BCUT2D eigenvalue weighted by atomic mass is 79.9. The second-order valence-electron chi connectivity index (χ2n) is 4.83. The van der Waals surface area contributed by atoms with Crippen LogP contribution in [0.1, 0.15) is 15.9 Å². The molecule has 0 aliphatic carbocycles. The summed E-state index contributed by atoms with van der Waals surface area (Å²) in [5.41, 5.74) is 2.68. The largest absolute Gasteiger partial charge is 0.322 e. The van der Waals surface area contributed by atoms with E-state index in [1.165, 1.54) is 11.0 Å². The van der Waals surface area contributed by atoms with E-state index in [2.05, 4.69) is 36.8 Å². The second kappa shape index (κ2) is 6.47. The van der Waals surface area contributed by atoms with Crippen molar-refractivity contribution in [2.24, 2.45) is 0 Å². The van der Waals surface area contributed by atoms with Crippen LogP contribution in [-0.4, -0.2) is 26.1 Å². The van der Waals surface area contributed by atoms with Crippen molar-refractivity contribution in [1.82, 2.24) is 20.2 Å². The molecule has 3 aromatic rings. The fourth-order valence-electron chi connectivity index (χ4n) is 2.03. The molecule has 3 rings (SSSR count). The van der Waals surface area contributed by atoms with Crippen molar-refractivity contribution < 1.29 is 4.79 Å². The number of nitrogens with one attached hydrogen (secondary N) is 1. The maximum atomic E-state index is 12.6. The van der Waals surface area contributed by atoms with Crippen LogP contribution in [0.2, 0.25) is 5.02 Å². The van der Waals surface area contributed by atoms with Crippen LogP contribution in [0.25, 0.3) is 5.69 Å². The molecule has 8 heteroatoms. The molecule has 1 N–H and O–H groups in total. The summed E-state index contributed by atoms with van der Waals surface area (Å²) in [4.78, 5) is 12.6. The van der Waals surface area contributed by atoms with E-state index in [1.807, 2.05) is 25.1 Å². The first-order valence-electron chi connectivity index (χ1n) is 6.65. The zero-order chi connectivity index (χ0) is 16.4. The monoisotopic (exact) mass is 391 g/mol. The quantitative estimate of drug-likeness (QED) is 0.738. The van der Waals surface area contributed by atoms with Gasteiger partial charge in [-0.3, -0.25) is 4.79 Å². The van der Waals surface area contributed by atoms with Crippen molar-refractivity contribution in [1.29, 1.82) is 0 Å². The molecule has 1 aromatic heterocycles. The van der Waals surface area contributed by atoms with Crippen molar-refractivity contribution in [3.8, 4) is 5.69 Å². The van der Waals surface area contributed by atoms with Gasteiger partial charge in [0.2, 0.25) is 0 Å². The molecule has 0 spiro atoms. The molecule has 1 amide bonds. The van der Waals surface area contributed by atoms with Gasteiger partial charge in [0.05, 0.1) is 11.3 Å². The van der Waals surface area contributed by atoms with Crippen LogP contribution in [0.15, 0.2) is 47.2 Å². The average Bonchev–Trinajstić information content (AvgIpc) is 3.05. The number of aryl methyl sites for hydroxylation is 1. The standard InChI is InChI=1S/C15H11BrClN5O/c1-9-2-4-11(7-13(9)16)19-15(23)12-6-10(17)3-5-14(12)22-8-18-20-21-22/h2-8H,1H3,(H,19,23). The molecule has 0 fully saturated rings. The molecule has 6 nitrogen and oxygen atoms in total. The van der Waals surface area contributed by atoms with Crippen molar-refractivity contribution in [2.75, 3.05) is 5.32 Å². The second-order valence-corrected chi connectivity index (χ2v) is 6.12. The number of rotatable bonds is 3. The van der Waals surface area contributed by atoms with Crippen LogP contribution < -0.4 is 5.32 Å². The molecule has 0 saturated carbocycles. The van der Waals surface area contributed by atoms with Crippen LogP contribution >= 0.6 is 27.5 Å². The smallest absolute Gasteiger partial charge is 0.257 e. The fourth-order valence-corrected chi connectivity index (χ4v) is 2.58. The Hall–Kier alpha value is -2.25. The van der Waals surface area contributed by atoms with E-state index in [-0.39, 0.29) is 5.91 Å². The number of aromatic nitrogens is 4. The summed E-state index contributed by atoms with van der Waals surface area (Å²) >= 11 is 9.47. The van der Waals surface area contributed by atoms with Crippen molar-refractivity contribution in [3.63, 3.8) is 0 Å². The van der Waals surface area contributed by atoms with Crippen molar-refractivity contribution in [2.45, 2.75) is 6.92 Å². The molecule has 116 valence electrons. The molecule has 0 aliphatic heterocycles. The number of carbonyl (C=O) groups is 1. The fraction of sp³-hybridized carbons (Fsp3) is 0.0667. The van der Waals surface area contributed by atoms with Gasteiger partial charge < -0.3 is 5.32 Å². The highest BCUT2D eigenvalue weighted by Gasteiger charge is 2.15. The zero-order valence-electron chi connectivity index (χ0n) is 12.0. The summed E-state index contributed by atoms with van der Waals surface area (Å²) in [5.74, 6) is -0.297. The minimum atomic E-state index is -0.297. The lowest BCUT2D eigenvalue weighted by Crippen LogP contribution is -2.15. The molecular formula is C15H11BrClN5O. The number of hydrogen-bond donors (Lipinski definition) is 1. The summed E-state index contributed by atoms with van der Waals surface area (Å²) in [6, 6.07) is 10.5. The first-order chi connectivity index (χ1) is 11.0. The van der Waals surface area contributed by atoms with E-state index in [4.69, 9.17) is 11.6 Å². The maximum Gasteiger partial charge on any atom is 0.257 e. The summed E-state index contributed by atoms with van der Waals surface area (Å²) in [5, 5.41) is 14.3. The van der Waals surface area contributed by atoms with Gasteiger partial charge in [-0.1, -0.05) is 33.6 Å². The van der Waals surface area contributed by atoms with Crippen molar-refractivity contribution in [3.05, 3.63) is 63.3 Å². The lowest BCUT2D eigenvalue weighted by molar-refractivity contribution is 0.102. The number of carbonyl (C=O) groups excluding carboxylic acids is 1. The summed E-state index contributed by atoms with van der Waals surface area (Å²) in [7, 11) is 0. The van der Waals surface area contributed by atoms with Gasteiger partial charge >= 0.3 is 0 Å². The topological polar surface area (TPSA) is 72.7 Å². The van der Waals surface area contributed by atoms with Crippen LogP contribution in [0.4, 0.5) is 5.69 Å². The van der Waals surface area contributed by atoms with Gasteiger partial charge in [-0.15, -0.1) is 5.10 Å². The predicted molar refractivity (Wildman–Crippen MR) is 91.0 cm³/mol. The van der Waals surface area contributed by atoms with Gasteiger partial charge in [0.15, 0.2) is 0 Å². The number of anilines is 1. The third-order valence-electron chi connectivity index (χ3n) is 3.23. The Morgan fingerprint density at radius 2 is 2.09 bits per heavy atom. The molecule has 0 radical (unpaired) electrons. The number of benzene rings is 2. The van der Waals surface area contributed by atoms with Gasteiger partial charge in [0.25, 0.3) is 5.91 Å². The van der Waals surface area contributed by atoms with Gasteiger partial charge in [0, 0.05) is 15.2 Å². The lowest BCUT2D eigenvalue weighted by Gasteiger charge is -2.11. The Labute approximate surface area is 145 Å². The summed E-state index contributed by atoms with van der Waals surface area (Å²) in [6.07, 6.45) is 1.42. The Bertz CT molecular complexity index is 866. The predicted octanol–water partition coefficient (Wildman–Crippen LogP) is 3.64. The third kappa shape index (κ3) is 3.40. The molecule has 23 heavy (non-hydrogen) atoms. The van der Waals surface area contributed by atoms with E-state index in [0.29, 0.717) is 22.0 Å². The van der Waals surface area contributed by atoms with E-state index in [1.54, 1.807) is 18.2 Å². The van der Waals surface area contributed by atoms with Gasteiger partial charge in [-0.05, 0) is 53.2 Å². The molecule has 1 heterocycles.